The fraction of sp³-hybridized carbons (Fsp3) is 0.476. The van der Waals surface area contributed by atoms with Crippen LogP contribution in [0.25, 0.3) is 0 Å². The van der Waals surface area contributed by atoms with Crippen LogP contribution in [0.15, 0.2) is 46.3 Å². The van der Waals surface area contributed by atoms with Crippen molar-refractivity contribution in [2.24, 2.45) is 5.92 Å². The highest BCUT2D eigenvalue weighted by atomic mass is 79.9. The van der Waals surface area contributed by atoms with Gasteiger partial charge in [0.2, 0.25) is 5.91 Å². The van der Waals surface area contributed by atoms with Gasteiger partial charge in [-0.1, -0.05) is 41.1 Å². The van der Waals surface area contributed by atoms with E-state index in [1.807, 2.05) is 11.4 Å². The van der Waals surface area contributed by atoms with Crippen LogP contribution in [0.5, 0.6) is 0 Å². The van der Waals surface area contributed by atoms with E-state index in [0.717, 1.165) is 36.3 Å². The Bertz CT molecular complexity index is 891. The molecule has 3 rings (SSSR count). The molecule has 8 heteroatoms. The number of carbonyl (C=O) groups is 1. The number of hydrogen-bond acceptors (Lipinski definition) is 5. The number of benzene rings is 1. The number of sulfone groups is 1. The molecule has 0 bridgehead atoms. The van der Waals surface area contributed by atoms with Crippen molar-refractivity contribution in [2.45, 2.75) is 31.6 Å². The molecular weight excluding hydrogens is 472 g/mol. The second-order valence-corrected chi connectivity index (χ2v) is 11.7. The first-order valence-corrected chi connectivity index (χ1v) is 13.3. The molecule has 1 aliphatic rings. The molecule has 1 unspecified atom stereocenters. The molecular formula is C21H27BrN2O3S2. The maximum Gasteiger partial charge on any atom is 0.235 e. The van der Waals surface area contributed by atoms with Gasteiger partial charge in [0.15, 0.2) is 9.84 Å². The minimum atomic E-state index is -3.52. The fourth-order valence-corrected chi connectivity index (χ4v) is 6.01. The van der Waals surface area contributed by atoms with E-state index in [1.54, 1.807) is 35.6 Å². The van der Waals surface area contributed by atoms with E-state index in [9.17, 15) is 13.2 Å². The second kappa shape index (κ2) is 10.2. The summed E-state index contributed by atoms with van der Waals surface area (Å²) in [7, 11) is -3.52. The Labute approximate surface area is 185 Å². The molecule has 0 spiro atoms. The lowest BCUT2D eigenvalue weighted by atomic mass is 9.97. The molecule has 0 saturated carbocycles. The summed E-state index contributed by atoms with van der Waals surface area (Å²) in [5.74, 6) is -0.328. The molecule has 0 aliphatic carbocycles. The van der Waals surface area contributed by atoms with Gasteiger partial charge < -0.3 is 5.32 Å². The van der Waals surface area contributed by atoms with Crippen LogP contribution in [0.4, 0.5) is 0 Å². The van der Waals surface area contributed by atoms with Crippen LogP contribution in [0.2, 0.25) is 0 Å². The van der Waals surface area contributed by atoms with Gasteiger partial charge in [-0.2, -0.15) is 0 Å². The summed E-state index contributed by atoms with van der Waals surface area (Å²) in [4.78, 5) is 16.0. The molecule has 1 amide bonds. The summed E-state index contributed by atoms with van der Waals surface area (Å²) in [5, 5.41) is 4.91. The van der Waals surface area contributed by atoms with Crippen LogP contribution in [-0.2, 0) is 20.4 Å². The number of amides is 1. The first kappa shape index (κ1) is 22.5. The van der Waals surface area contributed by atoms with Crippen molar-refractivity contribution >= 4 is 43.0 Å². The number of piperidine rings is 1. The first-order chi connectivity index (χ1) is 13.8. The number of carbonyl (C=O) groups excluding carboxylic acids is 1. The van der Waals surface area contributed by atoms with Crippen LogP contribution in [0.3, 0.4) is 0 Å². The second-order valence-electron chi connectivity index (χ2n) is 7.71. The number of rotatable bonds is 8. The lowest BCUT2D eigenvalue weighted by molar-refractivity contribution is -0.118. The van der Waals surface area contributed by atoms with Gasteiger partial charge in [-0.15, -0.1) is 11.3 Å². The zero-order chi connectivity index (χ0) is 20.9. The lowest BCUT2D eigenvalue weighted by Gasteiger charge is -2.36. The van der Waals surface area contributed by atoms with E-state index in [0.29, 0.717) is 12.1 Å². The number of nitrogens with zero attached hydrogens (tertiary/aromatic N) is 1. The first-order valence-electron chi connectivity index (χ1n) is 9.81. The third-order valence-electron chi connectivity index (χ3n) is 5.27. The molecule has 1 aromatic heterocycles. The summed E-state index contributed by atoms with van der Waals surface area (Å²) < 4.78 is 25.7. The Balaban J connectivity index is 1.57. The highest BCUT2D eigenvalue weighted by Gasteiger charge is 2.26. The van der Waals surface area contributed by atoms with E-state index in [2.05, 4.69) is 39.1 Å². The Kier molecular flexibility index (Phi) is 7.90. The molecule has 0 radical (unpaired) electrons. The average molecular weight is 499 g/mol. The zero-order valence-corrected chi connectivity index (χ0v) is 19.7. The summed E-state index contributed by atoms with van der Waals surface area (Å²) >= 11 is 5.01. The number of hydrogen-bond donors (Lipinski definition) is 1. The standard InChI is InChI=1S/C21H27BrN2O3S2/c1-16-8-10-24(11-9-16)19(20-3-2-12-28-20)13-23-21(25)15-29(26,27)14-17-4-6-18(22)7-5-17/h2-7,12,16,19H,8-11,13-15H2,1H3,(H,23,25). The highest BCUT2D eigenvalue weighted by Crippen LogP contribution is 2.29. The van der Waals surface area contributed by atoms with Gasteiger partial charge >= 0.3 is 0 Å². The molecule has 1 aromatic carbocycles. The van der Waals surface area contributed by atoms with Crippen LogP contribution in [-0.4, -0.2) is 44.6 Å². The van der Waals surface area contributed by atoms with Crippen molar-refractivity contribution in [3.63, 3.8) is 0 Å². The van der Waals surface area contributed by atoms with Crippen molar-refractivity contribution in [1.82, 2.24) is 10.2 Å². The predicted octanol–water partition coefficient (Wildman–Crippen LogP) is 4.01. The number of nitrogens with one attached hydrogen (secondary N) is 1. The minimum Gasteiger partial charge on any atom is -0.353 e. The molecule has 1 saturated heterocycles. The van der Waals surface area contributed by atoms with Crippen molar-refractivity contribution in [2.75, 3.05) is 25.4 Å². The van der Waals surface area contributed by atoms with Crippen molar-refractivity contribution in [1.29, 1.82) is 0 Å². The molecule has 5 nitrogen and oxygen atoms in total. The quantitative estimate of drug-likeness (QED) is 0.596. The zero-order valence-electron chi connectivity index (χ0n) is 16.5. The highest BCUT2D eigenvalue weighted by molar-refractivity contribution is 9.10. The molecule has 2 heterocycles. The van der Waals surface area contributed by atoms with Gasteiger partial charge in [0.1, 0.15) is 5.75 Å². The van der Waals surface area contributed by atoms with Crippen molar-refractivity contribution in [3.05, 3.63) is 56.7 Å². The van der Waals surface area contributed by atoms with E-state index < -0.39 is 21.5 Å². The maximum absolute atomic E-state index is 12.4. The average Bonchev–Trinajstić information content (AvgIpc) is 3.19. The van der Waals surface area contributed by atoms with Gasteiger partial charge in [-0.3, -0.25) is 9.69 Å². The van der Waals surface area contributed by atoms with E-state index in [4.69, 9.17) is 0 Å². The van der Waals surface area contributed by atoms with Crippen LogP contribution >= 0.6 is 27.3 Å². The fourth-order valence-electron chi connectivity index (χ4n) is 3.58. The summed E-state index contributed by atoms with van der Waals surface area (Å²) in [6, 6.07) is 11.3. The summed E-state index contributed by atoms with van der Waals surface area (Å²) in [5.41, 5.74) is 0.680. The molecule has 1 atom stereocenters. The molecule has 2 aromatic rings. The number of halogens is 1. The molecule has 29 heavy (non-hydrogen) atoms. The Morgan fingerprint density at radius 3 is 2.55 bits per heavy atom. The monoisotopic (exact) mass is 498 g/mol. The van der Waals surface area contributed by atoms with E-state index in [1.165, 1.54) is 4.88 Å². The van der Waals surface area contributed by atoms with Crippen LogP contribution < -0.4 is 5.32 Å². The third kappa shape index (κ3) is 6.91. The van der Waals surface area contributed by atoms with Crippen molar-refractivity contribution < 1.29 is 13.2 Å². The number of thiophene rings is 1. The largest absolute Gasteiger partial charge is 0.353 e. The van der Waals surface area contributed by atoms with E-state index >= 15 is 0 Å². The smallest absolute Gasteiger partial charge is 0.235 e. The summed E-state index contributed by atoms with van der Waals surface area (Å²) in [6.45, 7) is 4.71. The van der Waals surface area contributed by atoms with Gasteiger partial charge in [-0.25, -0.2) is 8.42 Å². The van der Waals surface area contributed by atoms with Gasteiger partial charge in [0.05, 0.1) is 11.8 Å². The molecule has 1 N–H and O–H groups in total. The van der Waals surface area contributed by atoms with E-state index in [-0.39, 0.29) is 11.8 Å². The summed E-state index contributed by atoms with van der Waals surface area (Å²) in [6.07, 6.45) is 2.30. The lowest BCUT2D eigenvalue weighted by Crippen LogP contribution is -2.42. The van der Waals surface area contributed by atoms with Crippen LogP contribution in [0, 0.1) is 5.92 Å². The van der Waals surface area contributed by atoms with Gasteiger partial charge in [-0.05, 0) is 61.0 Å². The Morgan fingerprint density at radius 1 is 1.24 bits per heavy atom. The molecule has 1 fully saturated rings. The maximum atomic E-state index is 12.4. The van der Waals surface area contributed by atoms with Crippen LogP contribution in [0.1, 0.15) is 36.2 Å². The van der Waals surface area contributed by atoms with Crippen molar-refractivity contribution in [3.8, 4) is 0 Å². The SMILES string of the molecule is CC1CCN(C(CNC(=O)CS(=O)(=O)Cc2ccc(Br)cc2)c2cccs2)CC1. The third-order valence-corrected chi connectivity index (χ3v) is 8.25. The minimum absolute atomic E-state index is 0.0978. The Morgan fingerprint density at radius 2 is 1.93 bits per heavy atom. The normalized spacial score (nSPS) is 17.2. The molecule has 158 valence electrons. The Hall–Kier alpha value is -1.22. The predicted molar refractivity (Wildman–Crippen MR) is 122 cm³/mol. The van der Waals surface area contributed by atoms with Gasteiger partial charge in [0, 0.05) is 15.9 Å². The topological polar surface area (TPSA) is 66.5 Å². The molecule has 1 aliphatic heterocycles. The number of likely N-dealkylation sites (tertiary alicyclic amines) is 1. The van der Waals surface area contributed by atoms with Gasteiger partial charge in [0.25, 0.3) is 0 Å².